The number of thioether (sulfide) groups is 1. The van der Waals surface area contributed by atoms with Crippen molar-refractivity contribution < 1.29 is 14.4 Å². The van der Waals surface area contributed by atoms with Gasteiger partial charge in [-0.3, -0.25) is 24.6 Å². The average Bonchev–Trinajstić information content (AvgIpc) is 3.37. The maximum Gasteiger partial charge on any atom is 0.250 e. The first-order chi connectivity index (χ1) is 15.5. The molecule has 0 unspecified atom stereocenters. The minimum Gasteiger partial charge on any atom is -0.324 e. The second-order valence-corrected chi connectivity index (χ2v) is 9.97. The first kappa shape index (κ1) is 21.5. The number of nitrogens with zero attached hydrogens (tertiary/aromatic N) is 1. The quantitative estimate of drug-likeness (QED) is 0.636. The molecule has 0 bridgehead atoms. The van der Waals surface area contributed by atoms with Gasteiger partial charge in [0, 0.05) is 28.9 Å². The third kappa shape index (κ3) is 3.17. The van der Waals surface area contributed by atoms with Crippen LogP contribution in [0.2, 0.25) is 5.02 Å². The van der Waals surface area contributed by atoms with Gasteiger partial charge in [-0.1, -0.05) is 41.9 Å². The van der Waals surface area contributed by atoms with Gasteiger partial charge in [-0.15, -0.1) is 0 Å². The van der Waals surface area contributed by atoms with Gasteiger partial charge < -0.3 is 5.32 Å². The highest BCUT2D eigenvalue weighted by atomic mass is 35.5. The SMILES string of the molecule is CSCC[C@H]1N[C@]2(C(=O)Nc3ccc(Cl)cc32)[C@@H]2C(=O)N(CCc3ccccc3)C(=O)[C@@H]21. The molecule has 0 aromatic heterocycles. The van der Waals surface area contributed by atoms with Gasteiger partial charge in [0.05, 0.1) is 11.8 Å². The number of hydrogen-bond acceptors (Lipinski definition) is 5. The first-order valence-electron chi connectivity index (χ1n) is 10.7. The summed E-state index contributed by atoms with van der Waals surface area (Å²) < 4.78 is 0. The summed E-state index contributed by atoms with van der Waals surface area (Å²) in [5, 5.41) is 6.84. The number of nitrogens with one attached hydrogen (secondary N) is 2. The van der Waals surface area contributed by atoms with E-state index in [9.17, 15) is 14.4 Å². The van der Waals surface area contributed by atoms with E-state index in [-0.39, 0.29) is 23.8 Å². The molecule has 0 saturated carbocycles. The lowest BCUT2D eigenvalue weighted by atomic mass is 9.76. The first-order valence-corrected chi connectivity index (χ1v) is 12.5. The monoisotopic (exact) mass is 469 g/mol. The summed E-state index contributed by atoms with van der Waals surface area (Å²) in [6.45, 7) is 0.310. The van der Waals surface area contributed by atoms with Gasteiger partial charge in [0.1, 0.15) is 5.54 Å². The number of imide groups is 1. The molecule has 3 aliphatic rings. The Bertz CT molecular complexity index is 1100. The molecule has 2 aromatic rings. The summed E-state index contributed by atoms with van der Waals surface area (Å²) in [4.78, 5) is 41.9. The van der Waals surface area contributed by atoms with Gasteiger partial charge in [0.25, 0.3) is 0 Å². The zero-order chi connectivity index (χ0) is 22.5. The molecule has 2 aromatic carbocycles. The zero-order valence-electron chi connectivity index (χ0n) is 17.6. The Balaban J connectivity index is 1.53. The summed E-state index contributed by atoms with van der Waals surface area (Å²) >= 11 is 7.96. The van der Waals surface area contributed by atoms with E-state index in [1.165, 1.54) is 4.90 Å². The molecule has 2 fully saturated rings. The van der Waals surface area contributed by atoms with E-state index in [2.05, 4.69) is 10.6 Å². The van der Waals surface area contributed by atoms with Crippen LogP contribution in [0, 0.1) is 11.8 Å². The lowest BCUT2D eigenvalue weighted by Gasteiger charge is -2.29. The molecular weight excluding hydrogens is 446 g/mol. The van der Waals surface area contributed by atoms with Crippen molar-refractivity contribution in [2.45, 2.75) is 24.4 Å². The normalized spacial score (nSPS) is 28.4. The van der Waals surface area contributed by atoms with Crippen molar-refractivity contribution in [1.29, 1.82) is 0 Å². The molecule has 166 valence electrons. The standard InChI is InChI=1S/C24H24ClN3O3S/c1-32-12-10-18-19-20(22(30)28(21(19)29)11-9-14-5-3-2-4-6-14)24(27-18)16-13-15(25)7-8-17(16)26-23(24)31/h2-8,13,18-20,27H,9-12H2,1H3,(H,26,31)/t18-,19-,20+,24+/m1/s1. The number of benzene rings is 2. The molecule has 5 rings (SSSR count). The van der Waals surface area contributed by atoms with Crippen molar-refractivity contribution in [2.75, 3.05) is 23.9 Å². The van der Waals surface area contributed by atoms with E-state index >= 15 is 0 Å². The maximum atomic E-state index is 13.7. The molecule has 0 aliphatic carbocycles. The molecular formula is C24H24ClN3O3S. The van der Waals surface area contributed by atoms with Crippen molar-refractivity contribution in [3.05, 3.63) is 64.7 Å². The van der Waals surface area contributed by atoms with E-state index in [4.69, 9.17) is 11.6 Å². The lowest BCUT2D eigenvalue weighted by Crippen LogP contribution is -2.53. The molecule has 0 radical (unpaired) electrons. The van der Waals surface area contributed by atoms with Crippen LogP contribution in [0.3, 0.4) is 0 Å². The number of rotatable bonds is 6. The number of carbonyl (C=O) groups excluding carboxylic acids is 3. The largest absolute Gasteiger partial charge is 0.324 e. The molecule has 6 nitrogen and oxygen atoms in total. The van der Waals surface area contributed by atoms with Crippen LogP contribution in [0.15, 0.2) is 48.5 Å². The van der Waals surface area contributed by atoms with Crippen molar-refractivity contribution in [1.82, 2.24) is 10.2 Å². The van der Waals surface area contributed by atoms with Crippen LogP contribution in [-0.2, 0) is 26.3 Å². The summed E-state index contributed by atoms with van der Waals surface area (Å²) in [7, 11) is 0. The molecule has 32 heavy (non-hydrogen) atoms. The fraction of sp³-hybridized carbons (Fsp3) is 0.375. The lowest BCUT2D eigenvalue weighted by molar-refractivity contribution is -0.142. The van der Waals surface area contributed by atoms with Crippen LogP contribution in [0.1, 0.15) is 17.5 Å². The number of likely N-dealkylation sites (tertiary alicyclic amines) is 1. The topological polar surface area (TPSA) is 78.5 Å². The van der Waals surface area contributed by atoms with Gasteiger partial charge in [-0.2, -0.15) is 11.8 Å². The van der Waals surface area contributed by atoms with Crippen molar-refractivity contribution >= 4 is 46.8 Å². The molecule has 3 heterocycles. The second-order valence-electron chi connectivity index (χ2n) is 8.55. The number of halogens is 1. The number of carbonyl (C=O) groups is 3. The molecule has 1 spiro atoms. The number of hydrogen-bond donors (Lipinski definition) is 2. The molecule has 3 amide bonds. The van der Waals surface area contributed by atoms with Gasteiger partial charge >= 0.3 is 0 Å². The average molecular weight is 470 g/mol. The predicted molar refractivity (Wildman–Crippen MR) is 126 cm³/mol. The molecule has 2 saturated heterocycles. The Kier molecular flexibility index (Phi) is 5.51. The molecule has 4 atom stereocenters. The summed E-state index contributed by atoms with van der Waals surface area (Å²) in [5.74, 6) is -1.28. The van der Waals surface area contributed by atoms with Gasteiger partial charge in [0.15, 0.2) is 0 Å². The Morgan fingerprint density at radius 3 is 2.62 bits per heavy atom. The zero-order valence-corrected chi connectivity index (χ0v) is 19.2. The highest BCUT2D eigenvalue weighted by molar-refractivity contribution is 7.98. The Labute approximate surface area is 196 Å². The molecule has 2 N–H and O–H groups in total. The van der Waals surface area contributed by atoms with Crippen LogP contribution in [-0.4, -0.2) is 47.2 Å². The van der Waals surface area contributed by atoms with Crippen LogP contribution >= 0.6 is 23.4 Å². The highest BCUT2D eigenvalue weighted by Gasteiger charge is 2.70. The van der Waals surface area contributed by atoms with Crippen LogP contribution in [0.25, 0.3) is 0 Å². The minimum absolute atomic E-state index is 0.185. The van der Waals surface area contributed by atoms with Crippen molar-refractivity contribution in [2.24, 2.45) is 11.8 Å². The van der Waals surface area contributed by atoms with Gasteiger partial charge in [-0.25, -0.2) is 0 Å². The second kappa shape index (κ2) is 8.21. The number of amides is 3. The molecule has 3 aliphatic heterocycles. The third-order valence-electron chi connectivity index (χ3n) is 6.87. The molecule has 8 heteroatoms. The van der Waals surface area contributed by atoms with Crippen molar-refractivity contribution in [3.8, 4) is 0 Å². The third-order valence-corrected chi connectivity index (χ3v) is 7.75. The van der Waals surface area contributed by atoms with E-state index in [1.54, 1.807) is 30.0 Å². The summed E-state index contributed by atoms with van der Waals surface area (Å²) in [5.41, 5.74) is 1.08. The number of fused-ring (bicyclic) bond motifs is 4. The predicted octanol–water partition coefficient (Wildman–Crippen LogP) is 3.06. The van der Waals surface area contributed by atoms with E-state index in [0.29, 0.717) is 35.7 Å². The van der Waals surface area contributed by atoms with Crippen LogP contribution < -0.4 is 10.6 Å². The fourth-order valence-electron chi connectivity index (χ4n) is 5.43. The fourth-order valence-corrected chi connectivity index (χ4v) is 6.09. The van der Waals surface area contributed by atoms with E-state index in [1.807, 2.05) is 36.6 Å². The van der Waals surface area contributed by atoms with Gasteiger partial charge in [0.2, 0.25) is 17.7 Å². The Hall–Kier alpha value is -2.35. The van der Waals surface area contributed by atoms with Crippen LogP contribution in [0.5, 0.6) is 0 Å². The van der Waals surface area contributed by atoms with Gasteiger partial charge in [-0.05, 0) is 48.6 Å². The van der Waals surface area contributed by atoms with E-state index in [0.717, 1.165) is 11.3 Å². The van der Waals surface area contributed by atoms with Crippen LogP contribution in [0.4, 0.5) is 5.69 Å². The minimum atomic E-state index is -1.28. The highest BCUT2D eigenvalue weighted by Crippen LogP contribution is 2.53. The number of anilines is 1. The maximum absolute atomic E-state index is 13.7. The van der Waals surface area contributed by atoms with E-state index < -0.39 is 17.4 Å². The summed E-state index contributed by atoms with van der Waals surface area (Å²) in [6.07, 6.45) is 3.29. The summed E-state index contributed by atoms with van der Waals surface area (Å²) in [6, 6.07) is 14.7. The Morgan fingerprint density at radius 1 is 1.09 bits per heavy atom. The van der Waals surface area contributed by atoms with Crippen molar-refractivity contribution in [3.63, 3.8) is 0 Å². The Morgan fingerprint density at radius 2 is 1.88 bits per heavy atom. The smallest absolute Gasteiger partial charge is 0.250 e.